The summed E-state index contributed by atoms with van der Waals surface area (Å²) in [6.45, 7) is 4.41. The molecule has 4 nitrogen and oxygen atoms in total. The Kier molecular flexibility index (Phi) is 3.25. The van der Waals surface area contributed by atoms with Gasteiger partial charge in [0.2, 0.25) is 5.91 Å². The van der Waals surface area contributed by atoms with Gasteiger partial charge in [-0.2, -0.15) is 5.10 Å². The Labute approximate surface area is 130 Å². The third-order valence-electron chi connectivity index (χ3n) is 4.80. The molecule has 0 radical (unpaired) electrons. The lowest BCUT2D eigenvalue weighted by molar-refractivity contribution is -0.132. The van der Waals surface area contributed by atoms with Gasteiger partial charge in [-0.05, 0) is 37.3 Å². The van der Waals surface area contributed by atoms with Crippen molar-refractivity contribution in [2.24, 2.45) is 0 Å². The number of aryl methyl sites for hydroxylation is 2. The van der Waals surface area contributed by atoms with Crippen LogP contribution in [0.25, 0.3) is 0 Å². The molecule has 4 heteroatoms. The van der Waals surface area contributed by atoms with Gasteiger partial charge < -0.3 is 4.90 Å². The number of aromatic nitrogens is 2. The van der Waals surface area contributed by atoms with E-state index in [-0.39, 0.29) is 5.91 Å². The summed E-state index contributed by atoms with van der Waals surface area (Å²) in [5.74, 6) is 0.227. The fraction of sp³-hybridized carbons (Fsp3) is 0.444. The van der Waals surface area contributed by atoms with Crippen molar-refractivity contribution < 1.29 is 4.79 Å². The van der Waals surface area contributed by atoms with Crippen LogP contribution in [0.15, 0.2) is 24.3 Å². The molecule has 4 rings (SSSR count). The van der Waals surface area contributed by atoms with Crippen molar-refractivity contribution in [3.8, 4) is 0 Å². The Morgan fingerprint density at radius 2 is 2.18 bits per heavy atom. The third kappa shape index (κ3) is 2.32. The third-order valence-corrected chi connectivity index (χ3v) is 4.80. The molecule has 0 atom stereocenters. The molecule has 2 heterocycles. The van der Waals surface area contributed by atoms with Crippen LogP contribution in [-0.2, 0) is 37.1 Å². The van der Waals surface area contributed by atoms with E-state index in [2.05, 4.69) is 23.7 Å². The van der Waals surface area contributed by atoms with Gasteiger partial charge in [0, 0.05) is 6.54 Å². The van der Waals surface area contributed by atoms with Crippen LogP contribution in [0.4, 0.5) is 0 Å². The molecule has 2 aliphatic rings. The maximum atomic E-state index is 12.6. The van der Waals surface area contributed by atoms with Crippen LogP contribution in [0.5, 0.6) is 0 Å². The number of hydrogen-bond donors (Lipinski definition) is 0. The fourth-order valence-electron chi connectivity index (χ4n) is 3.67. The Morgan fingerprint density at radius 1 is 1.27 bits per heavy atom. The van der Waals surface area contributed by atoms with Crippen LogP contribution in [-0.4, -0.2) is 27.1 Å². The molecule has 1 amide bonds. The van der Waals surface area contributed by atoms with E-state index in [1.54, 1.807) is 0 Å². The lowest BCUT2D eigenvalue weighted by Crippen LogP contribution is -2.39. The zero-order valence-electron chi connectivity index (χ0n) is 13.0. The van der Waals surface area contributed by atoms with E-state index in [1.807, 2.05) is 17.0 Å². The summed E-state index contributed by atoms with van der Waals surface area (Å²) in [4.78, 5) is 14.6. The normalized spacial score (nSPS) is 16.5. The van der Waals surface area contributed by atoms with Crippen molar-refractivity contribution >= 4 is 5.91 Å². The molecule has 1 aromatic carbocycles. The summed E-state index contributed by atoms with van der Waals surface area (Å²) in [5, 5.41) is 4.70. The van der Waals surface area contributed by atoms with Gasteiger partial charge in [0.25, 0.3) is 0 Å². The predicted molar refractivity (Wildman–Crippen MR) is 84.6 cm³/mol. The van der Waals surface area contributed by atoms with E-state index < -0.39 is 0 Å². The van der Waals surface area contributed by atoms with Gasteiger partial charge in [-0.25, -0.2) is 0 Å². The van der Waals surface area contributed by atoms with E-state index in [0.29, 0.717) is 6.42 Å². The van der Waals surface area contributed by atoms with Crippen LogP contribution >= 0.6 is 0 Å². The van der Waals surface area contributed by atoms with Crippen LogP contribution < -0.4 is 0 Å². The largest absolute Gasteiger partial charge is 0.335 e. The molecule has 2 aromatic rings. The van der Waals surface area contributed by atoms with E-state index in [0.717, 1.165) is 38.0 Å². The number of benzene rings is 1. The van der Waals surface area contributed by atoms with Gasteiger partial charge >= 0.3 is 0 Å². The SMILES string of the molecule is Cc1cccc(CC(=O)N2CCn3nc4c(c3C2)CCC4)c1. The Bertz CT molecular complexity index is 732. The van der Waals surface area contributed by atoms with E-state index in [1.165, 1.54) is 28.9 Å². The Morgan fingerprint density at radius 3 is 3.05 bits per heavy atom. The topological polar surface area (TPSA) is 38.1 Å². The lowest BCUT2D eigenvalue weighted by Gasteiger charge is -2.28. The van der Waals surface area contributed by atoms with Gasteiger partial charge in [-0.3, -0.25) is 9.48 Å². The standard InChI is InChI=1S/C18H21N3O/c1-13-4-2-5-14(10-13)11-18(22)20-8-9-21-17(12-20)15-6-3-7-16(15)19-21/h2,4-5,10H,3,6-9,11-12H2,1H3. The molecule has 1 aromatic heterocycles. The summed E-state index contributed by atoms with van der Waals surface area (Å²) < 4.78 is 2.13. The first kappa shape index (κ1) is 13.6. The summed E-state index contributed by atoms with van der Waals surface area (Å²) >= 11 is 0. The minimum Gasteiger partial charge on any atom is -0.335 e. The Balaban J connectivity index is 1.51. The van der Waals surface area contributed by atoms with Crippen molar-refractivity contribution in [3.63, 3.8) is 0 Å². The van der Waals surface area contributed by atoms with Crippen molar-refractivity contribution in [2.45, 2.75) is 45.7 Å². The minimum absolute atomic E-state index is 0.227. The number of fused-ring (bicyclic) bond motifs is 3. The first-order chi connectivity index (χ1) is 10.7. The molecular weight excluding hydrogens is 274 g/mol. The molecule has 1 aliphatic heterocycles. The molecule has 0 spiro atoms. The summed E-state index contributed by atoms with van der Waals surface area (Å²) in [7, 11) is 0. The highest BCUT2D eigenvalue weighted by Crippen LogP contribution is 2.27. The zero-order valence-corrected chi connectivity index (χ0v) is 13.0. The van der Waals surface area contributed by atoms with Crippen LogP contribution in [0, 0.1) is 6.92 Å². The number of rotatable bonds is 2. The highest BCUT2D eigenvalue weighted by Gasteiger charge is 2.28. The number of amides is 1. The van der Waals surface area contributed by atoms with Crippen LogP contribution in [0.2, 0.25) is 0 Å². The summed E-state index contributed by atoms with van der Waals surface area (Å²) in [6, 6.07) is 8.23. The van der Waals surface area contributed by atoms with Crippen LogP contribution in [0.1, 0.15) is 34.5 Å². The molecular formula is C18H21N3O. The number of hydrogen-bond acceptors (Lipinski definition) is 2. The average Bonchev–Trinajstić information content (AvgIpc) is 3.07. The second-order valence-corrected chi connectivity index (χ2v) is 6.43. The monoisotopic (exact) mass is 295 g/mol. The average molecular weight is 295 g/mol. The summed E-state index contributed by atoms with van der Waals surface area (Å²) in [5.41, 5.74) is 6.27. The number of carbonyl (C=O) groups is 1. The lowest BCUT2D eigenvalue weighted by atomic mass is 10.1. The predicted octanol–water partition coefficient (Wildman–Crippen LogP) is 2.27. The van der Waals surface area contributed by atoms with Gasteiger partial charge in [0.1, 0.15) is 0 Å². The molecule has 0 saturated heterocycles. The first-order valence-corrected chi connectivity index (χ1v) is 8.11. The van der Waals surface area contributed by atoms with E-state index in [4.69, 9.17) is 5.10 Å². The van der Waals surface area contributed by atoms with Gasteiger partial charge in [0.15, 0.2) is 0 Å². The van der Waals surface area contributed by atoms with Crippen molar-refractivity contribution in [3.05, 3.63) is 52.3 Å². The maximum Gasteiger partial charge on any atom is 0.227 e. The smallest absolute Gasteiger partial charge is 0.227 e. The number of nitrogens with zero attached hydrogens (tertiary/aromatic N) is 3. The molecule has 0 unspecified atom stereocenters. The molecule has 114 valence electrons. The molecule has 0 bridgehead atoms. The maximum absolute atomic E-state index is 12.6. The van der Waals surface area contributed by atoms with Gasteiger partial charge in [-0.1, -0.05) is 29.8 Å². The van der Waals surface area contributed by atoms with Crippen molar-refractivity contribution in [1.82, 2.24) is 14.7 Å². The molecule has 0 saturated carbocycles. The Hall–Kier alpha value is -2.10. The fourth-order valence-corrected chi connectivity index (χ4v) is 3.67. The molecule has 22 heavy (non-hydrogen) atoms. The molecule has 0 fully saturated rings. The molecule has 0 N–H and O–H groups in total. The van der Waals surface area contributed by atoms with E-state index >= 15 is 0 Å². The summed E-state index contributed by atoms with van der Waals surface area (Å²) in [6.07, 6.45) is 3.94. The van der Waals surface area contributed by atoms with Crippen LogP contribution in [0.3, 0.4) is 0 Å². The minimum atomic E-state index is 0.227. The van der Waals surface area contributed by atoms with Crippen molar-refractivity contribution in [1.29, 1.82) is 0 Å². The second kappa shape index (κ2) is 5.27. The van der Waals surface area contributed by atoms with Gasteiger partial charge in [-0.15, -0.1) is 0 Å². The molecule has 1 aliphatic carbocycles. The quantitative estimate of drug-likeness (QED) is 0.852. The van der Waals surface area contributed by atoms with Crippen molar-refractivity contribution in [2.75, 3.05) is 6.54 Å². The highest BCUT2D eigenvalue weighted by molar-refractivity contribution is 5.79. The number of carbonyl (C=O) groups excluding carboxylic acids is 1. The van der Waals surface area contributed by atoms with Gasteiger partial charge in [0.05, 0.1) is 30.9 Å². The second-order valence-electron chi connectivity index (χ2n) is 6.43. The zero-order chi connectivity index (χ0) is 15.1. The van der Waals surface area contributed by atoms with E-state index in [9.17, 15) is 4.79 Å². The first-order valence-electron chi connectivity index (χ1n) is 8.11. The highest BCUT2D eigenvalue weighted by atomic mass is 16.2.